The van der Waals surface area contributed by atoms with Gasteiger partial charge in [0.05, 0.1) is 33.9 Å². The number of rotatable bonds is 12. The summed E-state index contributed by atoms with van der Waals surface area (Å²) in [5, 5.41) is 6.96. The van der Waals surface area contributed by atoms with Gasteiger partial charge in [-0.1, -0.05) is 34.7 Å². The van der Waals surface area contributed by atoms with Crippen LogP contribution in [0.3, 0.4) is 0 Å². The van der Waals surface area contributed by atoms with Gasteiger partial charge in [-0.25, -0.2) is 18.4 Å². The molecular formula is C27H31N5O6S2. The Bertz CT molecular complexity index is 1460. The van der Waals surface area contributed by atoms with Gasteiger partial charge >= 0.3 is 0 Å². The average Bonchev–Trinajstić information content (AvgIpc) is 3.49. The van der Waals surface area contributed by atoms with Crippen molar-refractivity contribution in [1.29, 1.82) is 0 Å². The maximum atomic E-state index is 13.3. The molecule has 1 saturated heterocycles. The zero-order valence-electron chi connectivity index (χ0n) is 22.3. The number of oxime groups is 1. The van der Waals surface area contributed by atoms with Crippen LogP contribution in [0.15, 0.2) is 58.7 Å². The van der Waals surface area contributed by atoms with Crippen molar-refractivity contribution in [2.75, 3.05) is 45.8 Å². The molecule has 13 heteroatoms. The Morgan fingerprint density at radius 1 is 1.18 bits per heavy atom. The van der Waals surface area contributed by atoms with Crippen molar-refractivity contribution in [2.24, 2.45) is 5.16 Å². The van der Waals surface area contributed by atoms with Gasteiger partial charge in [0.2, 0.25) is 5.88 Å². The average molecular weight is 586 g/mol. The van der Waals surface area contributed by atoms with Gasteiger partial charge in [0.1, 0.15) is 6.61 Å². The lowest BCUT2D eigenvalue weighted by atomic mass is 10.1. The number of thiazole rings is 1. The van der Waals surface area contributed by atoms with Gasteiger partial charge in [-0.05, 0) is 45.1 Å². The molecule has 40 heavy (non-hydrogen) atoms. The van der Waals surface area contributed by atoms with Crippen molar-refractivity contribution < 1.29 is 27.5 Å². The molecule has 0 spiro atoms. The molecule has 3 aromatic rings. The molecule has 1 atom stereocenters. The molecule has 2 fully saturated rings. The first-order chi connectivity index (χ1) is 19.3. The zero-order valence-corrected chi connectivity index (χ0v) is 23.9. The molecule has 1 aliphatic heterocycles. The molecule has 2 aromatic heterocycles. The van der Waals surface area contributed by atoms with Crippen LogP contribution in [0.4, 0.5) is 5.13 Å². The predicted molar refractivity (Wildman–Crippen MR) is 152 cm³/mol. The minimum atomic E-state index is -3.35. The Balaban J connectivity index is 1.31. The number of amides is 1. The number of likely N-dealkylation sites (N-methyl/N-ethyl adjacent to an activating group) is 1. The fourth-order valence-electron chi connectivity index (χ4n) is 3.89. The van der Waals surface area contributed by atoms with Gasteiger partial charge in [0.15, 0.2) is 26.8 Å². The number of anilines is 1. The van der Waals surface area contributed by atoms with E-state index in [0.717, 1.165) is 11.4 Å². The Hall–Kier alpha value is -3.39. The summed E-state index contributed by atoms with van der Waals surface area (Å²) >= 11 is 1.26. The highest BCUT2D eigenvalue weighted by Crippen LogP contribution is 2.33. The first kappa shape index (κ1) is 28.1. The first-order valence-electron chi connectivity index (χ1n) is 13.0. The molecule has 0 unspecified atom stereocenters. The quantitative estimate of drug-likeness (QED) is 0.251. The summed E-state index contributed by atoms with van der Waals surface area (Å²) in [5.41, 5.74) is 1.10. The van der Waals surface area contributed by atoms with Crippen molar-refractivity contribution in [3.63, 3.8) is 0 Å². The number of hydrogen-bond acceptors (Lipinski definition) is 11. The molecular weight excluding hydrogens is 554 g/mol. The molecule has 0 bridgehead atoms. The maximum Gasteiger partial charge on any atom is 0.280 e. The fraction of sp³-hybridized carbons (Fsp3) is 0.407. The number of carbonyl (C=O) groups excluding carboxylic acids is 1. The van der Waals surface area contributed by atoms with Gasteiger partial charge in [-0.15, -0.1) is 0 Å². The molecule has 1 saturated carbocycles. The van der Waals surface area contributed by atoms with E-state index in [1.165, 1.54) is 23.5 Å². The number of nitrogens with one attached hydrogen (secondary N) is 1. The van der Waals surface area contributed by atoms with E-state index >= 15 is 0 Å². The number of nitrogens with zero attached hydrogens (tertiary/aromatic N) is 4. The monoisotopic (exact) mass is 585 g/mol. The lowest BCUT2D eigenvalue weighted by molar-refractivity contribution is -0.110. The largest absolute Gasteiger partial charge is 0.476 e. The summed E-state index contributed by atoms with van der Waals surface area (Å²) in [6.45, 7) is 2.23. The van der Waals surface area contributed by atoms with E-state index in [1.807, 2.05) is 31.1 Å². The van der Waals surface area contributed by atoms with Gasteiger partial charge in [-0.2, -0.15) is 0 Å². The third kappa shape index (κ3) is 7.02. The van der Waals surface area contributed by atoms with Crippen molar-refractivity contribution in [1.82, 2.24) is 14.9 Å². The summed E-state index contributed by atoms with van der Waals surface area (Å²) < 4.78 is 36.3. The van der Waals surface area contributed by atoms with Crippen LogP contribution < -0.4 is 10.1 Å². The van der Waals surface area contributed by atoms with E-state index in [0.29, 0.717) is 61.4 Å². The van der Waals surface area contributed by atoms with E-state index in [-0.39, 0.29) is 22.0 Å². The summed E-state index contributed by atoms with van der Waals surface area (Å²) in [6.07, 6.45) is 3.39. The lowest BCUT2D eigenvalue weighted by Gasteiger charge is -2.11. The van der Waals surface area contributed by atoms with Gasteiger partial charge in [0, 0.05) is 30.8 Å². The fourth-order valence-corrected chi connectivity index (χ4v) is 6.33. The second-order valence-corrected chi connectivity index (χ2v) is 13.1. The Kier molecular flexibility index (Phi) is 8.74. The number of benzene rings is 1. The molecule has 1 amide bonds. The third-order valence-corrected chi connectivity index (χ3v) is 9.52. The molecule has 5 rings (SSSR count). The third-order valence-electron chi connectivity index (χ3n) is 6.31. The van der Waals surface area contributed by atoms with E-state index in [4.69, 9.17) is 14.3 Å². The second kappa shape index (κ2) is 12.4. The number of hydrogen-bond donors (Lipinski definition) is 1. The molecule has 1 N–H and O–H groups in total. The number of sulfone groups is 1. The van der Waals surface area contributed by atoms with Gasteiger partial charge in [-0.3, -0.25) is 10.1 Å². The molecule has 11 nitrogen and oxygen atoms in total. The summed E-state index contributed by atoms with van der Waals surface area (Å²) in [7, 11) is 0.593. The molecule has 2 aliphatic rings. The number of pyridine rings is 1. The Morgan fingerprint density at radius 2 is 1.98 bits per heavy atom. The van der Waals surface area contributed by atoms with E-state index < -0.39 is 15.7 Å². The summed E-state index contributed by atoms with van der Waals surface area (Å²) in [4.78, 5) is 30.8. The topological polar surface area (TPSA) is 132 Å². The maximum absolute atomic E-state index is 13.3. The molecule has 0 radical (unpaired) electrons. The number of carbonyl (C=O) groups is 1. The van der Waals surface area contributed by atoms with Crippen LogP contribution in [0.1, 0.15) is 24.8 Å². The minimum Gasteiger partial charge on any atom is -0.476 e. The smallest absolute Gasteiger partial charge is 0.280 e. The zero-order chi connectivity index (χ0) is 28.1. The van der Waals surface area contributed by atoms with E-state index in [9.17, 15) is 13.2 Å². The Labute approximate surface area is 237 Å². The highest BCUT2D eigenvalue weighted by molar-refractivity contribution is 7.92. The van der Waals surface area contributed by atoms with Crippen LogP contribution in [0.2, 0.25) is 0 Å². The van der Waals surface area contributed by atoms with Crippen molar-refractivity contribution in [3.05, 3.63) is 54.2 Å². The minimum absolute atomic E-state index is 0.00781. The molecule has 3 heterocycles. The second-order valence-electron chi connectivity index (χ2n) is 9.80. The SMILES string of the molecule is CN(C)CCOc1cccc(-c2cnc(NC(=O)/C(=N/O[C@@H]3CCOC3)c3ccc(S(=O)(=O)C4CC4)cc3)s2)n1. The van der Waals surface area contributed by atoms with Crippen molar-refractivity contribution in [2.45, 2.75) is 35.5 Å². The van der Waals surface area contributed by atoms with Crippen LogP contribution in [0.25, 0.3) is 10.6 Å². The molecule has 1 aromatic carbocycles. The Morgan fingerprint density at radius 3 is 2.67 bits per heavy atom. The standard InChI is InChI=1S/C27H31N5O6S2/c1-32(2)13-15-37-24-5-3-4-22(29-24)23-16-28-27(39-23)30-26(33)25(31-38-19-12-14-36-17-19)18-6-8-20(9-7-18)40(34,35)21-10-11-21/h3-9,16,19,21H,10-15,17H2,1-2H3,(H,28,30,33)/b31-25+/t19-/m1/s1. The highest BCUT2D eigenvalue weighted by Gasteiger charge is 2.36. The van der Waals surface area contributed by atoms with Crippen LogP contribution in [0.5, 0.6) is 5.88 Å². The number of ether oxygens (including phenoxy) is 2. The molecule has 212 valence electrons. The van der Waals surface area contributed by atoms with Crippen molar-refractivity contribution >= 4 is 37.9 Å². The van der Waals surface area contributed by atoms with Crippen LogP contribution in [0, 0.1) is 0 Å². The number of aromatic nitrogens is 2. The van der Waals surface area contributed by atoms with Gasteiger partial charge < -0.3 is 19.2 Å². The predicted octanol–water partition coefficient (Wildman–Crippen LogP) is 3.23. The summed E-state index contributed by atoms with van der Waals surface area (Å²) in [6, 6.07) is 11.6. The van der Waals surface area contributed by atoms with E-state index in [1.54, 1.807) is 24.4 Å². The van der Waals surface area contributed by atoms with Crippen LogP contribution in [-0.2, 0) is 24.2 Å². The summed E-state index contributed by atoms with van der Waals surface area (Å²) in [5.74, 6) is -0.0284. The molecule has 1 aliphatic carbocycles. The van der Waals surface area contributed by atoms with Crippen molar-refractivity contribution in [3.8, 4) is 16.5 Å². The lowest BCUT2D eigenvalue weighted by Crippen LogP contribution is -2.25. The normalized spacial score (nSPS) is 17.7. The first-order valence-corrected chi connectivity index (χ1v) is 15.3. The van der Waals surface area contributed by atoms with Crippen LogP contribution >= 0.6 is 11.3 Å². The van der Waals surface area contributed by atoms with E-state index in [2.05, 4.69) is 20.4 Å². The van der Waals surface area contributed by atoms with Gasteiger partial charge in [0.25, 0.3) is 5.91 Å². The van der Waals surface area contributed by atoms with Crippen LogP contribution in [-0.4, -0.2) is 86.7 Å². The highest BCUT2D eigenvalue weighted by atomic mass is 32.2.